The van der Waals surface area contributed by atoms with Crippen molar-refractivity contribution in [1.82, 2.24) is 0 Å². The van der Waals surface area contributed by atoms with Gasteiger partial charge in [-0.3, -0.25) is 4.79 Å². The molecule has 2 aromatic carbocycles. The van der Waals surface area contributed by atoms with E-state index in [0.717, 1.165) is 11.3 Å². The van der Waals surface area contributed by atoms with Gasteiger partial charge in [-0.15, -0.1) is 0 Å². The van der Waals surface area contributed by atoms with E-state index in [1.54, 1.807) is 30.1 Å². The Balaban J connectivity index is 2.37. The number of carbonyl (C=O) groups is 1. The summed E-state index contributed by atoms with van der Waals surface area (Å²) in [4.78, 5) is 14.2. The zero-order chi connectivity index (χ0) is 14.9. The molecule has 2 nitrogen and oxygen atoms in total. The molecule has 20 heavy (non-hydrogen) atoms. The fourth-order valence-corrected chi connectivity index (χ4v) is 2.99. The van der Waals surface area contributed by atoms with Crippen LogP contribution in [0.4, 0.5) is 5.69 Å². The Bertz CT molecular complexity index is 670. The topological polar surface area (TPSA) is 20.3 Å². The highest BCUT2D eigenvalue weighted by atomic mass is 79.9. The van der Waals surface area contributed by atoms with Crippen molar-refractivity contribution in [1.29, 1.82) is 0 Å². The molecule has 0 radical (unpaired) electrons. The zero-order valence-electron chi connectivity index (χ0n) is 11.6. The van der Waals surface area contributed by atoms with Crippen LogP contribution in [-0.4, -0.2) is 13.0 Å². The molecule has 0 aliphatic carbocycles. The van der Waals surface area contributed by atoms with Gasteiger partial charge in [0.25, 0.3) is 5.91 Å². The van der Waals surface area contributed by atoms with Gasteiger partial charge in [0.05, 0.1) is 5.56 Å². The summed E-state index contributed by atoms with van der Waals surface area (Å²) in [6.45, 7) is 4.04. The molecule has 0 fully saturated rings. The summed E-state index contributed by atoms with van der Waals surface area (Å²) in [6, 6.07) is 11.2. The second-order valence-corrected chi connectivity index (χ2v) is 6.07. The molecule has 2 rings (SSSR count). The van der Waals surface area contributed by atoms with Gasteiger partial charge in [0.15, 0.2) is 0 Å². The fraction of sp³-hybridized carbons (Fsp3) is 0.188. The van der Waals surface area contributed by atoms with Gasteiger partial charge in [-0.05, 0) is 59.6 Å². The first-order chi connectivity index (χ1) is 9.40. The summed E-state index contributed by atoms with van der Waals surface area (Å²) in [5.41, 5.74) is 3.75. The molecule has 0 bridgehead atoms. The van der Waals surface area contributed by atoms with Gasteiger partial charge < -0.3 is 4.90 Å². The van der Waals surface area contributed by atoms with Crippen molar-refractivity contribution in [3.63, 3.8) is 0 Å². The zero-order valence-corrected chi connectivity index (χ0v) is 13.9. The van der Waals surface area contributed by atoms with Gasteiger partial charge >= 0.3 is 0 Å². The molecular weight excluding hydrogens is 338 g/mol. The Morgan fingerprint density at radius 1 is 1.15 bits per heavy atom. The minimum Gasteiger partial charge on any atom is -0.311 e. The Kier molecular flexibility index (Phi) is 4.51. The maximum Gasteiger partial charge on any atom is 0.259 e. The van der Waals surface area contributed by atoms with Crippen molar-refractivity contribution in [2.45, 2.75) is 13.8 Å². The molecule has 4 heteroatoms. The summed E-state index contributed by atoms with van der Waals surface area (Å²) >= 11 is 9.29. The number of rotatable bonds is 2. The van der Waals surface area contributed by atoms with E-state index in [9.17, 15) is 4.79 Å². The Morgan fingerprint density at radius 3 is 2.45 bits per heavy atom. The van der Waals surface area contributed by atoms with E-state index in [1.807, 2.05) is 26.0 Å². The van der Waals surface area contributed by atoms with E-state index in [4.69, 9.17) is 11.6 Å². The van der Waals surface area contributed by atoms with Crippen LogP contribution in [0, 0.1) is 13.8 Å². The normalized spacial score (nSPS) is 10.4. The van der Waals surface area contributed by atoms with Crippen molar-refractivity contribution in [3.8, 4) is 0 Å². The van der Waals surface area contributed by atoms with Crippen LogP contribution in [0.25, 0.3) is 0 Å². The van der Waals surface area contributed by atoms with Gasteiger partial charge in [-0.1, -0.05) is 29.3 Å². The van der Waals surface area contributed by atoms with Gasteiger partial charge in [-0.2, -0.15) is 0 Å². The van der Waals surface area contributed by atoms with Crippen LogP contribution >= 0.6 is 27.5 Å². The van der Waals surface area contributed by atoms with E-state index in [2.05, 4.69) is 22.0 Å². The van der Waals surface area contributed by atoms with Crippen LogP contribution in [0.15, 0.2) is 40.9 Å². The second-order valence-electron chi connectivity index (χ2n) is 4.78. The minimum atomic E-state index is -0.0690. The summed E-state index contributed by atoms with van der Waals surface area (Å²) in [5, 5.41) is 0.600. The average molecular weight is 353 g/mol. The van der Waals surface area contributed by atoms with Gasteiger partial charge in [-0.25, -0.2) is 0 Å². The number of nitrogens with zero attached hydrogens (tertiary/aromatic N) is 1. The predicted octanol–water partition coefficient (Wildman–Crippen LogP) is 5.00. The monoisotopic (exact) mass is 351 g/mol. The molecule has 0 aliphatic rings. The maximum absolute atomic E-state index is 12.6. The highest BCUT2D eigenvalue weighted by Crippen LogP contribution is 2.26. The van der Waals surface area contributed by atoms with Crippen LogP contribution in [0.1, 0.15) is 21.5 Å². The van der Waals surface area contributed by atoms with Crippen LogP contribution < -0.4 is 4.90 Å². The van der Waals surface area contributed by atoms with Crippen molar-refractivity contribution < 1.29 is 4.79 Å². The molecule has 0 heterocycles. The van der Waals surface area contributed by atoms with E-state index in [1.165, 1.54) is 5.56 Å². The van der Waals surface area contributed by atoms with Crippen LogP contribution in [-0.2, 0) is 0 Å². The lowest BCUT2D eigenvalue weighted by atomic mass is 10.1. The summed E-state index contributed by atoms with van der Waals surface area (Å²) < 4.78 is 0.701. The third kappa shape index (κ3) is 3.05. The van der Waals surface area contributed by atoms with E-state index < -0.39 is 0 Å². The fourth-order valence-electron chi connectivity index (χ4n) is 2.13. The summed E-state index contributed by atoms with van der Waals surface area (Å²) in [6.07, 6.45) is 0. The van der Waals surface area contributed by atoms with Crippen molar-refractivity contribution in [2.75, 3.05) is 11.9 Å². The standard InChI is InChI=1S/C16H15BrClNO/c1-10-4-7-15(11(2)8-10)19(3)16(20)13-6-5-12(18)9-14(13)17/h4-9H,1-3H3. The molecule has 2 aromatic rings. The molecule has 104 valence electrons. The highest BCUT2D eigenvalue weighted by Gasteiger charge is 2.17. The average Bonchev–Trinajstić information content (AvgIpc) is 2.37. The first-order valence-electron chi connectivity index (χ1n) is 6.20. The molecule has 0 aliphatic heterocycles. The molecule has 1 amide bonds. The molecule has 0 unspecified atom stereocenters. The SMILES string of the molecule is Cc1ccc(N(C)C(=O)c2ccc(Cl)cc2Br)c(C)c1. The summed E-state index contributed by atoms with van der Waals surface area (Å²) in [5.74, 6) is -0.0690. The predicted molar refractivity (Wildman–Crippen MR) is 87.8 cm³/mol. The van der Waals surface area contributed by atoms with Gasteiger partial charge in [0.2, 0.25) is 0 Å². The number of halogens is 2. The molecule has 0 atom stereocenters. The lowest BCUT2D eigenvalue weighted by molar-refractivity contribution is 0.0992. The molecule has 0 spiro atoms. The number of amides is 1. The number of hydrogen-bond acceptors (Lipinski definition) is 1. The number of aryl methyl sites for hydroxylation is 2. The van der Waals surface area contributed by atoms with Crippen molar-refractivity contribution >= 4 is 39.1 Å². The number of benzene rings is 2. The first-order valence-corrected chi connectivity index (χ1v) is 7.37. The number of hydrogen-bond donors (Lipinski definition) is 0. The van der Waals surface area contributed by atoms with Crippen molar-refractivity contribution in [2.24, 2.45) is 0 Å². The van der Waals surface area contributed by atoms with E-state index in [0.29, 0.717) is 15.1 Å². The molecule has 0 saturated carbocycles. The number of carbonyl (C=O) groups excluding carboxylic acids is 1. The second kappa shape index (κ2) is 5.98. The van der Waals surface area contributed by atoms with Gasteiger partial charge in [0, 0.05) is 22.2 Å². The largest absolute Gasteiger partial charge is 0.311 e. The molecule has 0 saturated heterocycles. The first kappa shape index (κ1) is 15.1. The Hall–Kier alpha value is -1.32. The van der Waals surface area contributed by atoms with E-state index in [-0.39, 0.29) is 5.91 Å². The molecule has 0 aromatic heterocycles. The van der Waals surface area contributed by atoms with Crippen LogP contribution in [0.5, 0.6) is 0 Å². The third-order valence-corrected chi connectivity index (χ3v) is 4.07. The highest BCUT2D eigenvalue weighted by molar-refractivity contribution is 9.10. The van der Waals surface area contributed by atoms with Crippen molar-refractivity contribution in [3.05, 3.63) is 62.6 Å². The quantitative estimate of drug-likeness (QED) is 0.745. The molecule has 0 N–H and O–H groups in total. The summed E-state index contributed by atoms with van der Waals surface area (Å²) in [7, 11) is 1.78. The maximum atomic E-state index is 12.6. The Labute approximate surface area is 132 Å². The van der Waals surface area contributed by atoms with Crippen LogP contribution in [0.3, 0.4) is 0 Å². The lowest BCUT2D eigenvalue weighted by Gasteiger charge is -2.20. The molecular formula is C16H15BrClNO. The minimum absolute atomic E-state index is 0.0690. The third-order valence-electron chi connectivity index (χ3n) is 3.18. The van der Waals surface area contributed by atoms with Crippen LogP contribution in [0.2, 0.25) is 5.02 Å². The van der Waals surface area contributed by atoms with Gasteiger partial charge in [0.1, 0.15) is 0 Å². The number of anilines is 1. The smallest absolute Gasteiger partial charge is 0.259 e. The Morgan fingerprint density at radius 2 is 1.85 bits per heavy atom. The lowest BCUT2D eigenvalue weighted by Crippen LogP contribution is -2.27. The van der Waals surface area contributed by atoms with E-state index >= 15 is 0 Å².